The summed E-state index contributed by atoms with van der Waals surface area (Å²) in [6.45, 7) is 4.19. The summed E-state index contributed by atoms with van der Waals surface area (Å²) in [6.07, 6.45) is 1.77. The predicted octanol–water partition coefficient (Wildman–Crippen LogP) is 3.83. The smallest absolute Gasteiger partial charge is 0.288 e. The molecule has 184 valence electrons. The minimum atomic E-state index is -4.05. The molecule has 3 atom stereocenters. The van der Waals surface area contributed by atoms with Crippen LogP contribution in [0.25, 0.3) is 10.8 Å². The standard InChI is InChI=1S/C25H31NO7S/c1-25(2)16-12-15(22(25)20(27)13-16)10-11-34(29,30)33-26(3)24(28)19-14-21(31-4)17-8-6-7-9-18(17)23(19)32-5/h6-9,14-16,22H,10-13H2,1-5H3. The Bertz CT molecular complexity index is 1240. The van der Waals surface area contributed by atoms with Crippen molar-refractivity contribution in [2.24, 2.45) is 23.2 Å². The first-order chi connectivity index (χ1) is 16.0. The Morgan fingerprint density at radius 3 is 2.41 bits per heavy atom. The first-order valence-electron chi connectivity index (χ1n) is 11.4. The minimum absolute atomic E-state index is 0.0190. The van der Waals surface area contributed by atoms with Crippen molar-refractivity contribution in [3.63, 3.8) is 0 Å². The van der Waals surface area contributed by atoms with Crippen molar-refractivity contribution in [3.05, 3.63) is 35.9 Å². The van der Waals surface area contributed by atoms with Crippen molar-refractivity contribution in [3.8, 4) is 11.5 Å². The highest BCUT2D eigenvalue weighted by atomic mass is 32.2. The number of fused-ring (bicyclic) bond motifs is 3. The number of benzene rings is 2. The van der Waals surface area contributed by atoms with Gasteiger partial charge in [0.2, 0.25) is 0 Å². The molecule has 0 spiro atoms. The molecule has 0 aliphatic heterocycles. The molecule has 3 unspecified atom stereocenters. The Morgan fingerprint density at radius 2 is 1.82 bits per heavy atom. The summed E-state index contributed by atoms with van der Waals surface area (Å²) >= 11 is 0. The number of carbonyl (C=O) groups excluding carboxylic acids is 2. The molecule has 2 aromatic rings. The van der Waals surface area contributed by atoms with Crippen LogP contribution in [0.2, 0.25) is 0 Å². The van der Waals surface area contributed by atoms with E-state index in [1.54, 1.807) is 6.07 Å². The quantitative estimate of drug-likeness (QED) is 0.520. The molecule has 2 aliphatic carbocycles. The van der Waals surface area contributed by atoms with E-state index in [2.05, 4.69) is 13.8 Å². The van der Waals surface area contributed by atoms with Gasteiger partial charge in [0.1, 0.15) is 17.3 Å². The maximum atomic E-state index is 13.2. The molecule has 0 saturated heterocycles. The van der Waals surface area contributed by atoms with Crippen LogP contribution in [0, 0.1) is 23.2 Å². The highest BCUT2D eigenvalue weighted by molar-refractivity contribution is 7.86. The number of ether oxygens (including phenoxy) is 2. The fourth-order valence-electron chi connectivity index (χ4n) is 5.92. The zero-order valence-electron chi connectivity index (χ0n) is 20.2. The average molecular weight is 490 g/mol. The van der Waals surface area contributed by atoms with Gasteiger partial charge in [-0.1, -0.05) is 38.1 Å². The van der Waals surface area contributed by atoms with Crippen molar-refractivity contribution in [1.29, 1.82) is 0 Å². The summed E-state index contributed by atoms with van der Waals surface area (Å²) in [7, 11) is 0.146. The summed E-state index contributed by atoms with van der Waals surface area (Å²) in [4.78, 5) is 25.5. The second-order valence-electron chi connectivity index (χ2n) is 9.80. The second-order valence-corrected chi connectivity index (χ2v) is 11.5. The van der Waals surface area contributed by atoms with Crippen LogP contribution in [0.5, 0.6) is 11.5 Å². The van der Waals surface area contributed by atoms with Crippen molar-refractivity contribution in [2.45, 2.75) is 33.1 Å². The van der Waals surface area contributed by atoms with Gasteiger partial charge in [-0.2, -0.15) is 8.42 Å². The monoisotopic (exact) mass is 489 g/mol. The highest BCUT2D eigenvalue weighted by Crippen LogP contribution is 2.59. The minimum Gasteiger partial charge on any atom is -0.496 e. The Kier molecular flexibility index (Phi) is 6.37. The lowest BCUT2D eigenvalue weighted by atomic mass is 9.79. The Labute approximate surface area is 200 Å². The Hall–Kier alpha value is -2.65. The number of hydrogen-bond donors (Lipinski definition) is 0. The van der Waals surface area contributed by atoms with Gasteiger partial charge < -0.3 is 9.47 Å². The van der Waals surface area contributed by atoms with Gasteiger partial charge >= 0.3 is 0 Å². The first-order valence-corrected chi connectivity index (χ1v) is 12.9. The molecule has 0 N–H and O–H groups in total. The zero-order chi connectivity index (χ0) is 24.8. The summed E-state index contributed by atoms with van der Waals surface area (Å²) in [5.74, 6) is 0.261. The van der Waals surface area contributed by atoms with E-state index in [0.717, 1.165) is 11.8 Å². The molecule has 9 heteroatoms. The van der Waals surface area contributed by atoms with Crippen molar-refractivity contribution in [1.82, 2.24) is 5.06 Å². The third-order valence-corrected chi connectivity index (χ3v) is 8.75. The molecule has 0 radical (unpaired) electrons. The Balaban J connectivity index is 1.49. The van der Waals surface area contributed by atoms with Gasteiger partial charge in [-0.3, -0.25) is 9.59 Å². The molecule has 2 aliphatic rings. The van der Waals surface area contributed by atoms with E-state index in [4.69, 9.17) is 13.8 Å². The van der Waals surface area contributed by atoms with Crippen molar-refractivity contribution < 1.29 is 31.8 Å². The summed E-state index contributed by atoms with van der Waals surface area (Å²) in [6, 6.07) is 8.81. The lowest BCUT2D eigenvalue weighted by Crippen LogP contribution is -2.32. The number of nitrogens with zero attached hydrogens (tertiary/aromatic N) is 1. The van der Waals surface area contributed by atoms with Crippen LogP contribution in [-0.4, -0.2) is 52.2 Å². The molecule has 1 amide bonds. The predicted molar refractivity (Wildman–Crippen MR) is 127 cm³/mol. The van der Waals surface area contributed by atoms with E-state index in [9.17, 15) is 18.0 Å². The number of hydrogen-bond acceptors (Lipinski definition) is 7. The molecular weight excluding hydrogens is 458 g/mol. The van der Waals surface area contributed by atoms with Crippen LogP contribution in [0.15, 0.2) is 30.3 Å². The molecule has 0 heterocycles. The topological polar surface area (TPSA) is 99.2 Å². The summed E-state index contributed by atoms with van der Waals surface area (Å²) in [5, 5.41) is 2.13. The number of amides is 1. The van der Waals surface area contributed by atoms with Gasteiger partial charge in [0.15, 0.2) is 0 Å². The van der Waals surface area contributed by atoms with E-state index in [1.807, 2.05) is 18.2 Å². The van der Waals surface area contributed by atoms with Crippen LogP contribution in [0.4, 0.5) is 0 Å². The fraction of sp³-hybridized carbons (Fsp3) is 0.520. The van der Waals surface area contributed by atoms with Gasteiger partial charge in [0.05, 0.1) is 25.5 Å². The van der Waals surface area contributed by atoms with E-state index >= 15 is 0 Å². The maximum absolute atomic E-state index is 13.2. The lowest BCUT2D eigenvalue weighted by Gasteiger charge is -2.25. The summed E-state index contributed by atoms with van der Waals surface area (Å²) in [5.41, 5.74) is 0.0290. The molecule has 2 bridgehead atoms. The fourth-order valence-corrected chi connectivity index (χ4v) is 6.99. The maximum Gasteiger partial charge on any atom is 0.288 e. The third kappa shape index (κ3) is 4.15. The van der Waals surface area contributed by atoms with E-state index in [0.29, 0.717) is 40.7 Å². The van der Waals surface area contributed by atoms with Crippen LogP contribution < -0.4 is 9.47 Å². The van der Waals surface area contributed by atoms with Crippen molar-refractivity contribution >= 4 is 32.6 Å². The second kappa shape index (κ2) is 8.85. The molecule has 2 fully saturated rings. The molecule has 0 aromatic heterocycles. The molecular formula is C25H31NO7S. The van der Waals surface area contributed by atoms with Gasteiger partial charge in [-0.05, 0) is 36.2 Å². The SMILES string of the molecule is COc1cc(C(=O)N(C)OS(=O)(=O)CCC2CC3CC(=O)C2C3(C)C)c(OC)c2ccccc12. The van der Waals surface area contributed by atoms with E-state index in [1.165, 1.54) is 27.3 Å². The van der Waals surface area contributed by atoms with Crippen LogP contribution in [-0.2, 0) is 19.2 Å². The Morgan fingerprint density at radius 1 is 1.15 bits per heavy atom. The van der Waals surface area contributed by atoms with E-state index in [-0.39, 0.29) is 34.4 Å². The average Bonchev–Trinajstić information content (AvgIpc) is 3.17. The lowest BCUT2D eigenvalue weighted by molar-refractivity contribution is -0.124. The van der Waals surface area contributed by atoms with Gasteiger partial charge in [0, 0.05) is 30.2 Å². The van der Waals surface area contributed by atoms with Gasteiger partial charge in [-0.15, -0.1) is 4.28 Å². The van der Waals surface area contributed by atoms with E-state index < -0.39 is 16.0 Å². The third-order valence-electron chi connectivity index (χ3n) is 7.57. The highest BCUT2D eigenvalue weighted by Gasteiger charge is 2.57. The largest absolute Gasteiger partial charge is 0.496 e. The molecule has 8 nitrogen and oxygen atoms in total. The molecule has 34 heavy (non-hydrogen) atoms. The number of carbonyl (C=O) groups is 2. The normalized spacial score (nSPS) is 23.3. The molecule has 2 aromatic carbocycles. The zero-order valence-corrected chi connectivity index (χ0v) is 21.0. The number of Topliss-reactive ketones (excluding diaryl/α,β-unsaturated/α-hetero) is 1. The summed E-state index contributed by atoms with van der Waals surface area (Å²) < 4.78 is 41.5. The molecule has 4 rings (SSSR count). The van der Waals surface area contributed by atoms with Gasteiger partial charge in [0.25, 0.3) is 16.0 Å². The number of methoxy groups -OCH3 is 2. The van der Waals surface area contributed by atoms with Crippen molar-refractivity contribution in [2.75, 3.05) is 27.0 Å². The number of hydroxylamine groups is 2. The van der Waals surface area contributed by atoms with Crippen LogP contribution in [0.1, 0.15) is 43.5 Å². The van der Waals surface area contributed by atoms with Crippen LogP contribution >= 0.6 is 0 Å². The van der Waals surface area contributed by atoms with Crippen LogP contribution in [0.3, 0.4) is 0 Å². The first kappa shape index (κ1) is 24.5. The van der Waals surface area contributed by atoms with Gasteiger partial charge in [-0.25, -0.2) is 5.06 Å². The number of ketones is 1. The molecule has 2 saturated carbocycles. The number of rotatable bonds is 8.